The molecule has 0 radical (unpaired) electrons. The van der Waals surface area contributed by atoms with E-state index in [0.717, 1.165) is 6.07 Å². The molecule has 0 bridgehead atoms. The lowest BCUT2D eigenvalue weighted by molar-refractivity contribution is -0.148. The molecule has 1 heterocycles. The fourth-order valence-electron chi connectivity index (χ4n) is 2.76. The third kappa shape index (κ3) is 3.29. The number of nitrogen functional groups attached to an aromatic ring is 1. The molecule has 0 amide bonds. The van der Waals surface area contributed by atoms with Gasteiger partial charge in [0.25, 0.3) is 0 Å². The topological polar surface area (TPSA) is 64.3 Å². The maximum absolute atomic E-state index is 13.2. The van der Waals surface area contributed by atoms with E-state index in [1.807, 2.05) is 0 Å². The van der Waals surface area contributed by atoms with Crippen LogP contribution < -0.4 is 11.1 Å². The Morgan fingerprint density at radius 1 is 1.43 bits per heavy atom. The van der Waals surface area contributed by atoms with Crippen LogP contribution in [0.15, 0.2) is 18.2 Å². The number of nitrogens with two attached hydrogens (primary N) is 1. The molecule has 0 aromatic heterocycles. The number of carbonyl (C=O) groups is 1. The summed E-state index contributed by atoms with van der Waals surface area (Å²) in [6, 6.07) is 3.69. The van der Waals surface area contributed by atoms with Gasteiger partial charge in [0.15, 0.2) is 0 Å². The Morgan fingerprint density at radius 2 is 2.14 bits per heavy atom. The molecule has 2 atom stereocenters. The van der Waals surface area contributed by atoms with Gasteiger partial charge in [-0.25, -0.2) is 0 Å². The van der Waals surface area contributed by atoms with Gasteiger partial charge in [-0.15, -0.1) is 0 Å². The normalized spacial score (nSPS) is 22.9. The van der Waals surface area contributed by atoms with E-state index in [4.69, 9.17) is 10.5 Å². The van der Waals surface area contributed by atoms with E-state index >= 15 is 0 Å². The van der Waals surface area contributed by atoms with E-state index in [2.05, 4.69) is 5.32 Å². The molecule has 1 aliphatic rings. The van der Waals surface area contributed by atoms with Crippen molar-refractivity contribution < 1.29 is 22.7 Å². The first-order valence-electron chi connectivity index (χ1n) is 6.59. The molecular weight excluding hydrogens is 285 g/mol. The molecule has 1 saturated heterocycles. The summed E-state index contributed by atoms with van der Waals surface area (Å²) in [5.74, 6) is -1.64. The lowest BCUT2D eigenvalue weighted by Gasteiger charge is -2.32. The Bertz CT molecular complexity index is 531. The van der Waals surface area contributed by atoms with E-state index in [9.17, 15) is 18.0 Å². The molecule has 7 heteroatoms. The molecule has 2 unspecified atom stereocenters. The van der Waals surface area contributed by atoms with Crippen molar-refractivity contribution in [1.29, 1.82) is 0 Å². The number of alkyl halides is 3. The summed E-state index contributed by atoms with van der Waals surface area (Å²) in [6.07, 6.45) is -4.07. The molecule has 116 valence electrons. The summed E-state index contributed by atoms with van der Waals surface area (Å²) in [6.45, 7) is 0.874. The highest BCUT2D eigenvalue weighted by Crippen LogP contribution is 2.40. The predicted molar refractivity (Wildman–Crippen MR) is 71.6 cm³/mol. The first-order valence-corrected chi connectivity index (χ1v) is 6.59. The number of carbonyl (C=O) groups excluding carboxylic acids is 1. The van der Waals surface area contributed by atoms with Crippen molar-refractivity contribution in [2.75, 3.05) is 25.9 Å². The Hall–Kier alpha value is -1.76. The fourth-order valence-corrected chi connectivity index (χ4v) is 2.76. The first kappa shape index (κ1) is 15.6. The van der Waals surface area contributed by atoms with Crippen molar-refractivity contribution in [1.82, 2.24) is 5.32 Å². The minimum atomic E-state index is -4.51. The summed E-state index contributed by atoms with van der Waals surface area (Å²) >= 11 is 0. The number of nitrogens with one attached hydrogen (secondary N) is 1. The zero-order chi connectivity index (χ0) is 15.6. The third-order valence-electron chi connectivity index (χ3n) is 3.77. The number of hydrogen-bond acceptors (Lipinski definition) is 4. The highest BCUT2D eigenvalue weighted by Gasteiger charge is 2.40. The SMILES string of the molecule is COC(=O)C1CCNCC1c1ccc(N)cc1C(F)(F)F. The zero-order valence-corrected chi connectivity index (χ0v) is 11.5. The Balaban J connectivity index is 2.46. The van der Waals surface area contributed by atoms with Gasteiger partial charge < -0.3 is 15.8 Å². The second-order valence-electron chi connectivity index (χ2n) is 5.07. The number of esters is 1. The highest BCUT2D eigenvalue weighted by atomic mass is 19.4. The van der Waals surface area contributed by atoms with E-state index in [-0.39, 0.29) is 11.3 Å². The number of benzene rings is 1. The van der Waals surface area contributed by atoms with Crippen molar-refractivity contribution in [3.05, 3.63) is 29.3 Å². The van der Waals surface area contributed by atoms with Crippen LogP contribution in [0, 0.1) is 5.92 Å². The molecule has 1 fully saturated rings. The molecule has 1 aromatic rings. The largest absolute Gasteiger partial charge is 0.469 e. The molecule has 0 spiro atoms. The number of piperidine rings is 1. The van der Waals surface area contributed by atoms with Crippen LogP contribution in [0.4, 0.5) is 18.9 Å². The number of ether oxygens (including phenoxy) is 1. The number of methoxy groups -OCH3 is 1. The Morgan fingerprint density at radius 3 is 2.76 bits per heavy atom. The summed E-state index contributed by atoms with van der Waals surface area (Å²) in [5, 5.41) is 3.03. The lowest BCUT2D eigenvalue weighted by Crippen LogP contribution is -2.40. The quantitative estimate of drug-likeness (QED) is 0.649. The van der Waals surface area contributed by atoms with Crippen LogP contribution in [0.25, 0.3) is 0 Å². The molecule has 2 rings (SSSR count). The summed E-state index contributed by atoms with van der Waals surface area (Å²) in [5.41, 5.74) is 4.81. The minimum absolute atomic E-state index is 0.0458. The molecule has 0 aliphatic carbocycles. The van der Waals surface area contributed by atoms with Crippen molar-refractivity contribution >= 4 is 11.7 Å². The van der Waals surface area contributed by atoms with Crippen molar-refractivity contribution in [2.24, 2.45) is 5.92 Å². The van der Waals surface area contributed by atoms with E-state index in [1.165, 1.54) is 19.2 Å². The number of halogens is 3. The van der Waals surface area contributed by atoms with Gasteiger partial charge >= 0.3 is 12.1 Å². The molecule has 0 saturated carbocycles. The molecule has 4 nitrogen and oxygen atoms in total. The second kappa shape index (κ2) is 5.93. The fraction of sp³-hybridized carbons (Fsp3) is 0.500. The second-order valence-corrected chi connectivity index (χ2v) is 5.07. The van der Waals surface area contributed by atoms with E-state index < -0.39 is 29.5 Å². The van der Waals surface area contributed by atoms with Crippen LogP contribution in [0.1, 0.15) is 23.5 Å². The van der Waals surface area contributed by atoms with Gasteiger partial charge in [-0.05, 0) is 30.7 Å². The van der Waals surface area contributed by atoms with Crippen LogP contribution in [-0.2, 0) is 15.7 Å². The Labute approximate surface area is 120 Å². The van der Waals surface area contributed by atoms with E-state index in [1.54, 1.807) is 0 Å². The summed E-state index contributed by atoms with van der Waals surface area (Å²) in [7, 11) is 1.25. The van der Waals surface area contributed by atoms with Crippen LogP contribution in [-0.4, -0.2) is 26.2 Å². The minimum Gasteiger partial charge on any atom is -0.469 e. The third-order valence-corrected chi connectivity index (χ3v) is 3.77. The molecule has 1 aromatic carbocycles. The van der Waals surface area contributed by atoms with Gasteiger partial charge in [0, 0.05) is 18.2 Å². The van der Waals surface area contributed by atoms with Crippen molar-refractivity contribution in [2.45, 2.75) is 18.5 Å². The smallest absolute Gasteiger partial charge is 0.416 e. The maximum atomic E-state index is 13.2. The summed E-state index contributed by atoms with van der Waals surface area (Å²) in [4.78, 5) is 11.8. The molecule has 1 aliphatic heterocycles. The average Bonchev–Trinajstić information content (AvgIpc) is 2.45. The first-order chi connectivity index (χ1) is 9.84. The number of anilines is 1. The van der Waals surface area contributed by atoms with Gasteiger partial charge in [-0.2, -0.15) is 13.2 Å². The number of hydrogen-bond donors (Lipinski definition) is 2. The zero-order valence-electron chi connectivity index (χ0n) is 11.5. The Kier molecular flexibility index (Phi) is 4.41. The van der Waals surface area contributed by atoms with Gasteiger partial charge in [0.1, 0.15) is 0 Å². The lowest BCUT2D eigenvalue weighted by atomic mass is 9.79. The van der Waals surface area contributed by atoms with E-state index in [0.29, 0.717) is 19.5 Å². The van der Waals surface area contributed by atoms with Crippen LogP contribution in [0.3, 0.4) is 0 Å². The van der Waals surface area contributed by atoms with Gasteiger partial charge in [0.2, 0.25) is 0 Å². The summed E-state index contributed by atoms with van der Waals surface area (Å²) < 4.78 is 44.3. The van der Waals surface area contributed by atoms with Crippen molar-refractivity contribution in [3.8, 4) is 0 Å². The monoisotopic (exact) mass is 302 g/mol. The van der Waals surface area contributed by atoms with Crippen LogP contribution in [0.5, 0.6) is 0 Å². The molecule has 3 N–H and O–H groups in total. The van der Waals surface area contributed by atoms with Crippen molar-refractivity contribution in [3.63, 3.8) is 0 Å². The highest BCUT2D eigenvalue weighted by molar-refractivity contribution is 5.74. The number of rotatable bonds is 2. The van der Waals surface area contributed by atoms with Crippen LogP contribution >= 0.6 is 0 Å². The standard InChI is InChI=1S/C14H17F3N2O2/c1-21-13(20)10-4-5-19-7-11(10)9-3-2-8(18)6-12(9)14(15,16)17/h2-3,6,10-11,19H,4-5,7,18H2,1H3. The van der Waals surface area contributed by atoms with Gasteiger partial charge in [-0.1, -0.05) is 6.07 Å². The average molecular weight is 302 g/mol. The maximum Gasteiger partial charge on any atom is 0.416 e. The van der Waals surface area contributed by atoms with Gasteiger partial charge in [-0.3, -0.25) is 4.79 Å². The van der Waals surface area contributed by atoms with Gasteiger partial charge in [0.05, 0.1) is 18.6 Å². The van der Waals surface area contributed by atoms with Crippen LogP contribution in [0.2, 0.25) is 0 Å². The molecular formula is C14H17F3N2O2. The predicted octanol–water partition coefficient (Wildman–Crippen LogP) is 2.15. The molecule has 21 heavy (non-hydrogen) atoms.